The molecule has 0 bridgehead atoms. The molecule has 3 fully saturated rings. The number of unbranched alkanes of at least 4 members (excludes halogenated alkanes) is 2. The molecule has 0 amide bonds. The summed E-state index contributed by atoms with van der Waals surface area (Å²) in [6, 6.07) is 6.87. The standard InChI is InChI=1S/C39H48F8O/c1-2-3-4-5-25-6-8-28(9-7-25)30-16-19-33(35(40)22-30)29-12-10-26(11-13-29)27-14-17-31(18-15-27)39(46,47)48-32-23-36(41)34(37(42)24-32)20-21-38(43,44)45/h16,19-29,31H,2-15,17-18H2,1H3. The quantitative estimate of drug-likeness (QED) is 0.169. The van der Waals surface area contributed by atoms with Gasteiger partial charge in [0.25, 0.3) is 0 Å². The van der Waals surface area contributed by atoms with E-state index >= 15 is 13.2 Å². The Morgan fingerprint density at radius 1 is 0.688 bits per heavy atom. The summed E-state index contributed by atoms with van der Waals surface area (Å²) in [5.74, 6) is -2.80. The number of hydrogen-bond acceptors (Lipinski definition) is 1. The van der Waals surface area contributed by atoms with Crippen LogP contribution in [0.1, 0.15) is 138 Å². The first-order chi connectivity index (χ1) is 22.8. The van der Waals surface area contributed by atoms with Gasteiger partial charge >= 0.3 is 12.3 Å². The van der Waals surface area contributed by atoms with Crippen molar-refractivity contribution >= 4 is 6.08 Å². The highest BCUT2D eigenvalue weighted by molar-refractivity contribution is 5.53. The monoisotopic (exact) mass is 684 g/mol. The molecule has 3 aliphatic rings. The number of rotatable bonds is 11. The van der Waals surface area contributed by atoms with E-state index in [1.54, 1.807) is 6.07 Å². The fourth-order valence-corrected chi connectivity index (χ4v) is 8.62. The number of alkyl halides is 5. The summed E-state index contributed by atoms with van der Waals surface area (Å²) in [5.41, 5.74) is 0.937. The van der Waals surface area contributed by atoms with Gasteiger partial charge in [-0.3, -0.25) is 0 Å². The zero-order valence-electron chi connectivity index (χ0n) is 27.8. The third kappa shape index (κ3) is 9.56. The Labute approximate surface area is 279 Å². The number of hydrogen-bond donors (Lipinski definition) is 0. The molecule has 266 valence electrons. The summed E-state index contributed by atoms with van der Waals surface area (Å²) in [4.78, 5) is 0. The lowest BCUT2D eigenvalue weighted by atomic mass is 9.68. The largest absolute Gasteiger partial charge is 0.432 e. The smallest absolute Gasteiger partial charge is 0.409 e. The van der Waals surface area contributed by atoms with E-state index in [1.165, 1.54) is 38.5 Å². The van der Waals surface area contributed by atoms with Gasteiger partial charge in [-0.2, -0.15) is 22.0 Å². The Morgan fingerprint density at radius 3 is 1.83 bits per heavy atom. The number of halogens is 8. The molecule has 0 saturated heterocycles. The maximum absolute atomic E-state index is 15.4. The number of benzene rings is 2. The van der Waals surface area contributed by atoms with Crippen molar-refractivity contribution in [3.05, 3.63) is 70.5 Å². The first-order valence-electron chi connectivity index (χ1n) is 17.9. The van der Waals surface area contributed by atoms with Crippen molar-refractivity contribution in [1.82, 2.24) is 0 Å². The summed E-state index contributed by atoms with van der Waals surface area (Å²) >= 11 is 0. The molecular formula is C39H48F8O. The van der Waals surface area contributed by atoms with Gasteiger partial charge < -0.3 is 4.74 Å². The zero-order valence-corrected chi connectivity index (χ0v) is 27.8. The molecule has 0 aromatic heterocycles. The van der Waals surface area contributed by atoms with Gasteiger partial charge in [0.15, 0.2) is 0 Å². The predicted octanol–water partition coefficient (Wildman–Crippen LogP) is 13.3. The van der Waals surface area contributed by atoms with E-state index in [9.17, 15) is 22.0 Å². The first kappa shape index (κ1) is 36.7. The number of allylic oxidation sites excluding steroid dienone is 1. The minimum atomic E-state index is -4.78. The molecule has 0 aliphatic heterocycles. The van der Waals surface area contributed by atoms with E-state index in [4.69, 9.17) is 4.74 Å². The molecule has 9 heteroatoms. The molecule has 3 saturated carbocycles. The van der Waals surface area contributed by atoms with Crippen LogP contribution in [-0.2, 0) is 0 Å². The fourth-order valence-electron chi connectivity index (χ4n) is 8.62. The van der Waals surface area contributed by atoms with E-state index in [2.05, 4.69) is 13.0 Å². The van der Waals surface area contributed by atoms with Crippen LogP contribution in [0.15, 0.2) is 36.4 Å². The van der Waals surface area contributed by atoms with Crippen molar-refractivity contribution < 1.29 is 39.9 Å². The van der Waals surface area contributed by atoms with Crippen LogP contribution in [-0.4, -0.2) is 12.3 Å². The van der Waals surface area contributed by atoms with Gasteiger partial charge in [-0.15, -0.1) is 0 Å². The third-order valence-corrected chi connectivity index (χ3v) is 11.4. The molecule has 0 unspecified atom stereocenters. The highest BCUT2D eigenvalue weighted by atomic mass is 19.4. The Hall–Kier alpha value is -2.58. The molecular weight excluding hydrogens is 636 g/mol. The molecule has 0 atom stereocenters. The summed E-state index contributed by atoms with van der Waals surface area (Å²) < 4.78 is 116. The second kappa shape index (κ2) is 16.0. The average molecular weight is 685 g/mol. The molecule has 2 aromatic carbocycles. The van der Waals surface area contributed by atoms with Gasteiger partial charge in [0.05, 0.1) is 5.92 Å². The minimum Gasteiger partial charge on any atom is -0.432 e. The summed E-state index contributed by atoms with van der Waals surface area (Å²) in [5, 5.41) is 0. The highest BCUT2D eigenvalue weighted by Crippen LogP contribution is 2.48. The van der Waals surface area contributed by atoms with Crippen molar-refractivity contribution in [2.75, 3.05) is 0 Å². The topological polar surface area (TPSA) is 9.23 Å². The van der Waals surface area contributed by atoms with E-state index in [0.717, 1.165) is 55.6 Å². The fraction of sp³-hybridized carbons (Fsp3) is 0.641. The van der Waals surface area contributed by atoms with Gasteiger partial charge in [0.2, 0.25) is 0 Å². The lowest BCUT2D eigenvalue weighted by Gasteiger charge is -2.39. The summed E-state index contributed by atoms with van der Waals surface area (Å²) in [6.45, 7) is 2.23. The molecule has 0 spiro atoms. The molecule has 0 N–H and O–H groups in total. The second-order valence-corrected chi connectivity index (χ2v) is 14.6. The van der Waals surface area contributed by atoms with Crippen LogP contribution in [0.3, 0.4) is 0 Å². The predicted molar refractivity (Wildman–Crippen MR) is 172 cm³/mol. The van der Waals surface area contributed by atoms with Crippen LogP contribution in [0.25, 0.3) is 6.08 Å². The van der Waals surface area contributed by atoms with E-state index in [0.29, 0.717) is 36.8 Å². The van der Waals surface area contributed by atoms with Gasteiger partial charge in [-0.05, 0) is 130 Å². The Kier molecular flexibility index (Phi) is 12.2. The normalized spacial score (nSPS) is 27.4. The van der Waals surface area contributed by atoms with Crippen LogP contribution in [0, 0.1) is 41.1 Å². The van der Waals surface area contributed by atoms with Crippen molar-refractivity contribution in [2.45, 2.75) is 134 Å². The zero-order chi connectivity index (χ0) is 34.5. The van der Waals surface area contributed by atoms with Crippen LogP contribution >= 0.6 is 0 Å². The maximum atomic E-state index is 15.4. The van der Waals surface area contributed by atoms with Crippen molar-refractivity contribution in [3.63, 3.8) is 0 Å². The molecule has 5 rings (SSSR count). The van der Waals surface area contributed by atoms with Gasteiger partial charge in [0.1, 0.15) is 23.2 Å². The van der Waals surface area contributed by atoms with Crippen molar-refractivity contribution in [3.8, 4) is 5.75 Å². The lowest BCUT2D eigenvalue weighted by molar-refractivity contribution is -0.224. The van der Waals surface area contributed by atoms with Crippen LogP contribution in [0.2, 0.25) is 0 Å². The Bertz CT molecular complexity index is 1340. The van der Waals surface area contributed by atoms with Gasteiger partial charge in [0, 0.05) is 23.8 Å². The second-order valence-electron chi connectivity index (χ2n) is 14.6. The van der Waals surface area contributed by atoms with Crippen molar-refractivity contribution in [2.24, 2.45) is 23.7 Å². The molecule has 48 heavy (non-hydrogen) atoms. The molecule has 1 nitrogen and oxygen atoms in total. The maximum Gasteiger partial charge on any atom is 0.409 e. The third-order valence-electron chi connectivity index (χ3n) is 11.4. The molecule has 3 aliphatic carbocycles. The van der Waals surface area contributed by atoms with Gasteiger partial charge in [-0.25, -0.2) is 13.2 Å². The molecule has 2 aromatic rings. The van der Waals surface area contributed by atoms with Crippen molar-refractivity contribution in [1.29, 1.82) is 0 Å². The Balaban J connectivity index is 1.08. The molecule has 0 heterocycles. The van der Waals surface area contributed by atoms with E-state index in [-0.39, 0.29) is 42.6 Å². The van der Waals surface area contributed by atoms with Crippen LogP contribution < -0.4 is 4.74 Å². The first-order valence-corrected chi connectivity index (χ1v) is 17.9. The SMILES string of the molecule is CCCCCC1CCC(c2ccc(C3CCC(C4CCC(C(F)(F)Oc5cc(F)c(C=CC(F)(F)F)c(F)c5)CC4)CC3)c(F)c2)CC1. The van der Waals surface area contributed by atoms with Gasteiger partial charge in [-0.1, -0.05) is 44.7 Å². The number of ether oxygens (including phenoxy) is 1. The lowest BCUT2D eigenvalue weighted by Crippen LogP contribution is -2.38. The van der Waals surface area contributed by atoms with E-state index in [1.807, 2.05) is 6.07 Å². The summed E-state index contributed by atoms with van der Waals surface area (Å²) in [6.07, 6.45) is 6.44. The van der Waals surface area contributed by atoms with Crippen LogP contribution in [0.5, 0.6) is 5.75 Å². The van der Waals surface area contributed by atoms with E-state index < -0.39 is 41.2 Å². The van der Waals surface area contributed by atoms with Crippen LogP contribution in [0.4, 0.5) is 35.1 Å². The minimum absolute atomic E-state index is 0.101. The Morgan fingerprint density at radius 2 is 1.27 bits per heavy atom. The highest BCUT2D eigenvalue weighted by Gasteiger charge is 2.45. The molecule has 0 radical (unpaired) electrons. The summed E-state index contributed by atoms with van der Waals surface area (Å²) in [7, 11) is 0. The average Bonchev–Trinajstić information content (AvgIpc) is 3.04.